The number of halogens is 2. The predicted octanol–water partition coefficient (Wildman–Crippen LogP) is 3.15. The van der Waals surface area contributed by atoms with Crippen molar-refractivity contribution in [1.29, 1.82) is 0 Å². The number of amides is 2. The fourth-order valence-corrected chi connectivity index (χ4v) is 2.98. The fraction of sp³-hybridized carbons (Fsp3) is 0.300. The molecule has 0 bridgehead atoms. The van der Waals surface area contributed by atoms with Crippen molar-refractivity contribution in [3.05, 3.63) is 47.2 Å². The van der Waals surface area contributed by atoms with Gasteiger partial charge in [0, 0.05) is 24.2 Å². The minimum Gasteiger partial charge on any atom is -0.490 e. The van der Waals surface area contributed by atoms with Gasteiger partial charge < -0.3 is 20.1 Å². The lowest BCUT2D eigenvalue weighted by Crippen LogP contribution is -2.36. The molecule has 1 aliphatic rings. The highest BCUT2D eigenvalue weighted by Crippen LogP contribution is 2.37. The lowest BCUT2D eigenvalue weighted by Gasteiger charge is -2.17. The Morgan fingerprint density at radius 1 is 1.07 bits per heavy atom. The Labute approximate surface area is 172 Å². The van der Waals surface area contributed by atoms with E-state index in [-0.39, 0.29) is 24.9 Å². The van der Waals surface area contributed by atoms with Gasteiger partial charge in [0.15, 0.2) is 11.5 Å². The predicted molar refractivity (Wildman–Crippen MR) is 108 cm³/mol. The lowest BCUT2D eigenvalue weighted by atomic mass is 10.2. The fourth-order valence-electron chi connectivity index (χ4n) is 2.78. The van der Waals surface area contributed by atoms with Crippen LogP contribution in [0.25, 0.3) is 0 Å². The third kappa shape index (κ3) is 6.07. The molecule has 9 heteroatoms. The molecular formula is C20H21ClFN3O4. The summed E-state index contributed by atoms with van der Waals surface area (Å²) in [6.45, 7) is 0.975. The third-order valence-electron chi connectivity index (χ3n) is 4.05. The van der Waals surface area contributed by atoms with Crippen LogP contribution in [0, 0.1) is 5.82 Å². The van der Waals surface area contributed by atoms with E-state index in [1.807, 2.05) is 0 Å². The molecule has 1 aliphatic heterocycles. The monoisotopic (exact) mass is 421 g/mol. The molecule has 0 radical (unpaired) electrons. The van der Waals surface area contributed by atoms with Crippen molar-refractivity contribution in [3.8, 4) is 11.5 Å². The Morgan fingerprint density at radius 2 is 1.72 bits per heavy atom. The van der Waals surface area contributed by atoms with Crippen LogP contribution in [-0.2, 0) is 9.59 Å². The first-order valence-electron chi connectivity index (χ1n) is 9.03. The molecule has 3 rings (SSSR count). The van der Waals surface area contributed by atoms with Gasteiger partial charge >= 0.3 is 0 Å². The van der Waals surface area contributed by atoms with E-state index in [2.05, 4.69) is 10.6 Å². The van der Waals surface area contributed by atoms with Gasteiger partial charge in [0.25, 0.3) is 0 Å². The number of fused-ring (bicyclic) bond motifs is 1. The molecule has 0 unspecified atom stereocenters. The smallest absolute Gasteiger partial charge is 0.238 e. The number of likely N-dealkylation sites (N-methyl/N-ethyl adjacent to an activating group) is 1. The SMILES string of the molecule is CN(CC(=O)Nc1cccc(F)c1)CC(=O)Nc1cc2c(cc1Cl)OCCCO2. The van der Waals surface area contributed by atoms with Crippen LogP contribution in [0.3, 0.4) is 0 Å². The number of nitrogens with zero attached hydrogens (tertiary/aromatic N) is 1. The molecule has 154 valence electrons. The number of anilines is 2. The van der Waals surface area contributed by atoms with Gasteiger partial charge in [-0.25, -0.2) is 4.39 Å². The van der Waals surface area contributed by atoms with Crippen LogP contribution in [0.5, 0.6) is 11.5 Å². The zero-order valence-corrected chi connectivity index (χ0v) is 16.6. The maximum Gasteiger partial charge on any atom is 0.238 e. The van der Waals surface area contributed by atoms with Crippen LogP contribution < -0.4 is 20.1 Å². The molecular weight excluding hydrogens is 401 g/mol. The summed E-state index contributed by atoms with van der Waals surface area (Å²) in [7, 11) is 1.63. The molecule has 0 aliphatic carbocycles. The Hall–Kier alpha value is -2.84. The Morgan fingerprint density at radius 3 is 2.41 bits per heavy atom. The molecule has 2 aromatic carbocycles. The summed E-state index contributed by atoms with van der Waals surface area (Å²) in [6.07, 6.45) is 0.760. The quantitative estimate of drug-likeness (QED) is 0.749. The lowest BCUT2D eigenvalue weighted by molar-refractivity contribution is -0.119. The van der Waals surface area contributed by atoms with E-state index in [1.165, 1.54) is 23.1 Å². The van der Waals surface area contributed by atoms with Gasteiger partial charge in [-0.1, -0.05) is 17.7 Å². The van der Waals surface area contributed by atoms with Crippen molar-refractivity contribution < 1.29 is 23.5 Å². The van der Waals surface area contributed by atoms with Gasteiger partial charge in [0.1, 0.15) is 5.82 Å². The van der Waals surface area contributed by atoms with Gasteiger partial charge in [-0.15, -0.1) is 0 Å². The second-order valence-corrected chi connectivity index (χ2v) is 7.02. The summed E-state index contributed by atoms with van der Waals surface area (Å²) in [5, 5.41) is 5.62. The van der Waals surface area contributed by atoms with Crippen LogP contribution >= 0.6 is 11.6 Å². The summed E-state index contributed by atoms with van der Waals surface area (Å²) < 4.78 is 24.3. The first-order valence-corrected chi connectivity index (χ1v) is 9.41. The Balaban J connectivity index is 1.53. The van der Waals surface area contributed by atoms with Gasteiger partial charge in [0.05, 0.1) is 37.0 Å². The third-order valence-corrected chi connectivity index (χ3v) is 4.36. The minimum absolute atomic E-state index is 0.0403. The van der Waals surface area contributed by atoms with Gasteiger partial charge in [0.2, 0.25) is 11.8 Å². The number of rotatable bonds is 6. The number of hydrogen-bond acceptors (Lipinski definition) is 5. The molecule has 0 saturated heterocycles. The average Bonchev–Trinajstić information content (AvgIpc) is 2.86. The van der Waals surface area contributed by atoms with Crippen molar-refractivity contribution in [2.24, 2.45) is 0 Å². The van der Waals surface area contributed by atoms with E-state index < -0.39 is 5.82 Å². The second kappa shape index (κ2) is 9.58. The largest absolute Gasteiger partial charge is 0.490 e. The summed E-state index contributed by atoms with van der Waals surface area (Å²) in [5.74, 6) is -0.0915. The molecule has 0 fully saturated rings. The number of carbonyl (C=O) groups excluding carboxylic acids is 2. The van der Waals surface area contributed by atoms with Crippen LogP contribution in [0.15, 0.2) is 36.4 Å². The normalized spacial score (nSPS) is 13.0. The standard InChI is InChI=1S/C20H21ClFN3O4/c1-25(11-19(26)23-14-5-2-4-13(22)8-14)12-20(27)24-16-10-18-17(9-15(16)21)28-6-3-7-29-18/h2,4-5,8-10H,3,6-7,11-12H2,1H3,(H,23,26)(H,24,27). The van der Waals surface area contributed by atoms with Crippen LogP contribution in [0.2, 0.25) is 5.02 Å². The maximum absolute atomic E-state index is 13.2. The van der Waals surface area contributed by atoms with Crippen molar-refractivity contribution in [1.82, 2.24) is 4.90 Å². The molecule has 2 N–H and O–H groups in total. The van der Waals surface area contributed by atoms with Crippen molar-refractivity contribution in [3.63, 3.8) is 0 Å². The highest BCUT2D eigenvalue weighted by molar-refractivity contribution is 6.34. The number of carbonyl (C=O) groups is 2. The molecule has 0 atom stereocenters. The molecule has 0 aromatic heterocycles. The van der Waals surface area contributed by atoms with Crippen LogP contribution in [0.1, 0.15) is 6.42 Å². The zero-order valence-electron chi connectivity index (χ0n) is 15.8. The molecule has 0 spiro atoms. The van der Waals surface area contributed by atoms with E-state index in [0.29, 0.717) is 41.1 Å². The summed E-state index contributed by atoms with van der Waals surface area (Å²) >= 11 is 6.22. The number of hydrogen-bond donors (Lipinski definition) is 2. The minimum atomic E-state index is -0.442. The van der Waals surface area contributed by atoms with E-state index in [4.69, 9.17) is 21.1 Å². The zero-order chi connectivity index (χ0) is 20.8. The van der Waals surface area contributed by atoms with Crippen molar-refractivity contribution >= 4 is 34.8 Å². The van der Waals surface area contributed by atoms with Gasteiger partial charge in [-0.2, -0.15) is 0 Å². The Bertz CT molecular complexity index is 909. The second-order valence-electron chi connectivity index (χ2n) is 6.61. The van der Waals surface area contributed by atoms with Gasteiger partial charge in [-0.05, 0) is 25.2 Å². The number of benzene rings is 2. The van der Waals surface area contributed by atoms with Crippen LogP contribution in [-0.4, -0.2) is 50.1 Å². The van der Waals surface area contributed by atoms with E-state index in [9.17, 15) is 14.0 Å². The molecule has 2 aromatic rings. The number of ether oxygens (including phenoxy) is 2. The van der Waals surface area contributed by atoms with E-state index >= 15 is 0 Å². The molecule has 7 nitrogen and oxygen atoms in total. The van der Waals surface area contributed by atoms with Crippen molar-refractivity contribution in [2.45, 2.75) is 6.42 Å². The molecule has 2 amide bonds. The molecule has 29 heavy (non-hydrogen) atoms. The summed E-state index contributed by atoms with van der Waals surface area (Å²) in [6, 6.07) is 8.82. The molecule has 1 heterocycles. The van der Waals surface area contributed by atoms with Gasteiger partial charge in [-0.3, -0.25) is 14.5 Å². The van der Waals surface area contributed by atoms with Crippen LogP contribution in [0.4, 0.5) is 15.8 Å². The first kappa shape index (κ1) is 20.9. The van der Waals surface area contributed by atoms with Crippen molar-refractivity contribution in [2.75, 3.05) is 44.0 Å². The summed E-state index contributed by atoms with van der Waals surface area (Å²) in [5.41, 5.74) is 0.755. The average molecular weight is 422 g/mol. The van der Waals surface area contributed by atoms with E-state index in [0.717, 1.165) is 6.42 Å². The highest BCUT2D eigenvalue weighted by atomic mass is 35.5. The molecule has 0 saturated carbocycles. The maximum atomic E-state index is 13.2. The topological polar surface area (TPSA) is 79.9 Å². The van der Waals surface area contributed by atoms with E-state index in [1.54, 1.807) is 25.2 Å². The Kier molecular flexibility index (Phi) is 6.90. The number of nitrogens with one attached hydrogen (secondary N) is 2. The highest BCUT2D eigenvalue weighted by Gasteiger charge is 2.17. The summed E-state index contributed by atoms with van der Waals surface area (Å²) in [4.78, 5) is 25.9. The first-order chi connectivity index (χ1) is 13.9.